The summed E-state index contributed by atoms with van der Waals surface area (Å²) < 4.78 is 0. The van der Waals surface area contributed by atoms with Gasteiger partial charge in [-0.2, -0.15) is 0 Å². The predicted molar refractivity (Wildman–Crippen MR) is 79.8 cm³/mol. The zero-order valence-corrected chi connectivity index (χ0v) is 12.1. The second kappa shape index (κ2) is 5.14. The lowest BCUT2D eigenvalue weighted by Gasteiger charge is -2.25. The van der Waals surface area contributed by atoms with Crippen molar-refractivity contribution in [3.63, 3.8) is 0 Å². The van der Waals surface area contributed by atoms with E-state index in [1.54, 1.807) is 6.92 Å². The number of nitrogens with two attached hydrogens (primary N) is 1. The number of nitrogens with zero attached hydrogens (tertiary/aromatic N) is 1. The fraction of sp³-hybridized carbons (Fsp3) is 0.533. The molecule has 104 valence electrons. The van der Waals surface area contributed by atoms with Gasteiger partial charge >= 0.3 is 0 Å². The third kappa shape index (κ3) is 2.15. The van der Waals surface area contributed by atoms with Crippen LogP contribution in [-0.4, -0.2) is 18.5 Å². The number of benzene rings is 1. The molecular weight excluding hydrogens is 260 g/mol. The van der Waals surface area contributed by atoms with Gasteiger partial charge in [-0.15, -0.1) is 12.4 Å². The Morgan fingerprint density at radius 3 is 2.58 bits per heavy atom. The monoisotopic (exact) mass is 280 g/mol. The SMILES string of the molecule is C[C@@H](N)C(=O)N1CC2(CCCC2)c2ccccc21.Cl. The third-order valence-corrected chi connectivity index (χ3v) is 4.44. The molecule has 1 heterocycles. The highest BCUT2D eigenvalue weighted by Gasteiger charge is 2.46. The molecule has 19 heavy (non-hydrogen) atoms. The van der Waals surface area contributed by atoms with E-state index in [1.807, 2.05) is 11.0 Å². The van der Waals surface area contributed by atoms with Crippen molar-refractivity contribution in [2.75, 3.05) is 11.4 Å². The van der Waals surface area contributed by atoms with Crippen molar-refractivity contribution in [2.24, 2.45) is 5.73 Å². The second-order valence-electron chi connectivity index (χ2n) is 5.72. The minimum Gasteiger partial charge on any atom is -0.320 e. The number of anilines is 1. The summed E-state index contributed by atoms with van der Waals surface area (Å²) in [5.74, 6) is 0.0474. The van der Waals surface area contributed by atoms with Gasteiger partial charge in [-0.25, -0.2) is 0 Å². The predicted octanol–water partition coefficient (Wildman–Crippen LogP) is 2.61. The summed E-state index contributed by atoms with van der Waals surface area (Å²) in [6.07, 6.45) is 4.95. The standard InChI is InChI=1S/C15H20N2O.ClH/c1-11(16)14(18)17-10-15(8-4-5-9-15)12-6-2-3-7-13(12)17;/h2-3,6-7,11H,4-5,8-10,16H2,1H3;1H/t11-;/m1./s1. The number of carbonyl (C=O) groups is 1. The van der Waals surface area contributed by atoms with E-state index >= 15 is 0 Å². The van der Waals surface area contributed by atoms with Crippen molar-refractivity contribution < 1.29 is 4.79 Å². The van der Waals surface area contributed by atoms with Crippen LogP contribution in [0, 0.1) is 0 Å². The van der Waals surface area contributed by atoms with Crippen molar-refractivity contribution in [3.05, 3.63) is 29.8 Å². The fourth-order valence-electron chi connectivity index (χ4n) is 3.55. The van der Waals surface area contributed by atoms with Gasteiger partial charge in [0.2, 0.25) is 5.91 Å². The molecule has 0 unspecified atom stereocenters. The molecule has 3 rings (SSSR count). The molecule has 0 radical (unpaired) electrons. The maximum absolute atomic E-state index is 12.2. The lowest BCUT2D eigenvalue weighted by molar-refractivity contribution is -0.119. The fourth-order valence-corrected chi connectivity index (χ4v) is 3.55. The number of carbonyl (C=O) groups excluding carboxylic acids is 1. The molecule has 1 aromatic carbocycles. The van der Waals surface area contributed by atoms with Gasteiger partial charge in [0.05, 0.1) is 6.04 Å². The van der Waals surface area contributed by atoms with E-state index in [9.17, 15) is 4.79 Å². The van der Waals surface area contributed by atoms with E-state index in [1.165, 1.54) is 31.2 Å². The van der Waals surface area contributed by atoms with Gasteiger partial charge in [0.1, 0.15) is 0 Å². The molecule has 4 heteroatoms. The van der Waals surface area contributed by atoms with Crippen LogP contribution in [0.3, 0.4) is 0 Å². The molecule has 1 aliphatic heterocycles. The number of hydrogen-bond donors (Lipinski definition) is 1. The minimum atomic E-state index is -0.422. The molecule has 1 amide bonds. The van der Waals surface area contributed by atoms with Crippen LogP contribution in [0.15, 0.2) is 24.3 Å². The molecule has 1 saturated carbocycles. The van der Waals surface area contributed by atoms with Crippen molar-refractivity contribution in [1.29, 1.82) is 0 Å². The highest BCUT2D eigenvalue weighted by atomic mass is 35.5. The van der Waals surface area contributed by atoms with Gasteiger partial charge in [0.25, 0.3) is 0 Å². The number of hydrogen-bond acceptors (Lipinski definition) is 2. The highest BCUT2D eigenvalue weighted by molar-refractivity contribution is 5.99. The van der Waals surface area contributed by atoms with Crippen LogP contribution in [-0.2, 0) is 10.2 Å². The number of rotatable bonds is 1. The molecule has 1 aromatic rings. The summed E-state index contributed by atoms with van der Waals surface area (Å²) in [7, 11) is 0. The third-order valence-electron chi connectivity index (χ3n) is 4.44. The van der Waals surface area contributed by atoms with Crippen LogP contribution in [0.5, 0.6) is 0 Å². The van der Waals surface area contributed by atoms with E-state index < -0.39 is 6.04 Å². The first-order valence-electron chi connectivity index (χ1n) is 6.80. The van der Waals surface area contributed by atoms with Crippen LogP contribution in [0.1, 0.15) is 38.2 Å². The van der Waals surface area contributed by atoms with Gasteiger partial charge in [-0.05, 0) is 31.4 Å². The average molecular weight is 281 g/mol. The Balaban J connectivity index is 0.00000133. The zero-order chi connectivity index (χ0) is 12.8. The van der Waals surface area contributed by atoms with Crippen LogP contribution in [0.25, 0.3) is 0 Å². The lowest BCUT2D eigenvalue weighted by Crippen LogP contribution is -2.43. The number of amides is 1. The van der Waals surface area contributed by atoms with Gasteiger partial charge in [0.15, 0.2) is 0 Å². The molecule has 2 N–H and O–H groups in total. The van der Waals surface area contributed by atoms with E-state index in [2.05, 4.69) is 18.2 Å². The first-order valence-corrected chi connectivity index (χ1v) is 6.80. The maximum Gasteiger partial charge on any atom is 0.243 e. The highest BCUT2D eigenvalue weighted by Crippen LogP contribution is 2.50. The van der Waals surface area contributed by atoms with E-state index in [0.717, 1.165) is 12.2 Å². The average Bonchev–Trinajstić information content (AvgIpc) is 2.96. The minimum absolute atomic E-state index is 0. The molecule has 0 bridgehead atoms. The Hall–Kier alpha value is -1.06. The molecule has 2 aliphatic rings. The molecular formula is C15H21ClN2O. The van der Waals surface area contributed by atoms with Gasteiger partial charge in [-0.3, -0.25) is 4.79 Å². The summed E-state index contributed by atoms with van der Waals surface area (Å²) in [4.78, 5) is 14.2. The Morgan fingerprint density at radius 1 is 1.32 bits per heavy atom. The topological polar surface area (TPSA) is 46.3 Å². The molecule has 3 nitrogen and oxygen atoms in total. The van der Waals surface area contributed by atoms with E-state index in [-0.39, 0.29) is 23.7 Å². The summed E-state index contributed by atoms with van der Waals surface area (Å²) in [6.45, 7) is 2.59. The molecule has 1 aliphatic carbocycles. The Morgan fingerprint density at radius 2 is 1.95 bits per heavy atom. The maximum atomic E-state index is 12.2. The van der Waals surface area contributed by atoms with Crippen molar-refractivity contribution >= 4 is 24.0 Å². The number of fused-ring (bicyclic) bond motifs is 2. The van der Waals surface area contributed by atoms with Crippen LogP contribution >= 0.6 is 12.4 Å². The molecule has 0 saturated heterocycles. The second-order valence-corrected chi connectivity index (χ2v) is 5.72. The summed E-state index contributed by atoms with van der Waals surface area (Å²) in [5.41, 5.74) is 8.42. The molecule has 1 atom stereocenters. The lowest BCUT2D eigenvalue weighted by atomic mass is 9.81. The van der Waals surface area contributed by atoms with Crippen molar-refractivity contribution in [1.82, 2.24) is 0 Å². The summed E-state index contributed by atoms with van der Waals surface area (Å²) in [5, 5.41) is 0. The van der Waals surface area contributed by atoms with Crippen molar-refractivity contribution in [2.45, 2.75) is 44.1 Å². The van der Waals surface area contributed by atoms with Crippen LogP contribution in [0.2, 0.25) is 0 Å². The first kappa shape index (κ1) is 14.4. The normalized spacial score (nSPS) is 21.1. The molecule has 0 aromatic heterocycles. The molecule has 1 fully saturated rings. The van der Waals surface area contributed by atoms with E-state index in [4.69, 9.17) is 5.73 Å². The largest absolute Gasteiger partial charge is 0.320 e. The van der Waals surface area contributed by atoms with E-state index in [0.29, 0.717) is 0 Å². The summed E-state index contributed by atoms with van der Waals surface area (Å²) in [6, 6.07) is 7.92. The Labute approximate surface area is 120 Å². The quantitative estimate of drug-likeness (QED) is 0.859. The zero-order valence-electron chi connectivity index (χ0n) is 11.3. The first-order chi connectivity index (χ1) is 8.64. The number of halogens is 1. The van der Waals surface area contributed by atoms with Crippen LogP contribution < -0.4 is 10.6 Å². The van der Waals surface area contributed by atoms with Gasteiger partial charge in [0, 0.05) is 17.6 Å². The Bertz CT molecular complexity index is 481. The Kier molecular flexibility index (Phi) is 3.88. The summed E-state index contributed by atoms with van der Waals surface area (Å²) >= 11 is 0. The van der Waals surface area contributed by atoms with Gasteiger partial charge in [-0.1, -0.05) is 31.0 Å². The van der Waals surface area contributed by atoms with Crippen molar-refractivity contribution in [3.8, 4) is 0 Å². The smallest absolute Gasteiger partial charge is 0.243 e. The number of para-hydroxylation sites is 1. The van der Waals surface area contributed by atoms with Crippen LogP contribution in [0.4, 0.5) is 5.69 Å². The van der Waals surface area contributed by atoms with Gasteiger partial charge < -0.3 is 10.6 Å². The molecule has 1 spiro atoms.